The minimum Gasteiger partial charge on any atom is -0.337 e. The Morgan fingerprint density at radius 1 is 1.12 bits per heavy atom. The molecule has 3 atom stereocenters. The Kier molecular flexibility index (Phi) is 2.64. The number of nitrogens with two attached hydrogens (primary N) is 1. The van der Waals surface area contributed by atoms with Crippen molar-refractivity contribution in [1.29, 1.82) is 0 Å². The van der Waals surface area contributed by atoms with Crippen molar-refractivity contribution in [2.45, 2.75) is 50.2 Å². The highest BCUT2D eigenvalue weighted by Gasteiger charge is 2.38. The molecule has 2 heterocycles. The summed E-state index contributed by atoms with van der Waals surface area (Å²) in [6.45, 7) is 3.08. The number of carbonyl (C=O) groups excluding carboxylic acids is 1. The van der Waals surface area contributed by atoms with E-state index in [1.807, 2.05) is 0 Å². The standard InChI is InChI=1S/C12H21N3O/c13-9-1-2-10(7-9)14-5-6-15-11(8-14)3-4-12(15)16/h9-11H,1-8,13H2. The zero-order chi connectivity index (χ0) is 11.1. The summed E-state index contributed by atoms with van der Waals surface area (Å²) in [5.74, 6) is 0.368. The van der Waals surface area contributed by atoms with Crippen LogP contribution in [0.4, 0.5) is 0 Å². The van der Waals surface area contributed by atoms with Crippen LogP contribution in [0.3, 0.4) is 0 Å². The molecule has 2 saturated heterocycles. The fourth-order valence-electron chi connectivity index (χ4n) is 3.54. The molecule has 4 nitrogen and oxygen atoms in total. The van der Waals surface area contributed by atoms with E-state index in [1.54, 1.807) is 0 Å². The van der Waals surface area contributed by atoms with Gasteiger partial charge in [-0.05, 0) is 25.7 Å². The molecule has 16 heavy (non-hydrogen) atoms. The summed E-state index contributed by atoms with van der Waals surface area (Å²) in [6.07, 6.45) is 5.41. The van der Waals surface area contributed by atoms with Gasteiger partial charge in [0, 0.05) is 44.2 Å². The summed E-state index contributed by atoms with van der Waals surface area (Å²) in [4.78, 5) is 16.2. The van der Waals surface area contributed by atoms with Crippen LogP contribution in [-0.2, 0) is 4.79 Å². The second-order valence-corrected chi connectivity index (χ2v) is 5.50. The van der Waals surface area contributed by atoms with Gasteiger partial charge < -0.3 is 10.6 Å². The molecule has 2 N–H and O–H groups in total. The van der Waals surface area contributed by atoms with Gasteiger partial charge in [-0.1, -0.05) is 0 Å². The third kappa shape index (κ3) is 1.74. The van der Waals surface area contributed by atoms with Crippen molar-refractivity contribution in [1.82, 2.24) is 9.80 Å². The lowest BCUT2D eigenvalue weighted by Crippen LogP contribution is -2.54. The molecule has 90 valence electrons. The van der Waals surface area contributed by atoms with Gasteiger partial charge in [0.25, 0.3) is 0 Å². The monoisotopic (exact) mass is 223 g/mol. The number of rotatable bonds is 1. The van der Waals surface area contributed by atoms with Crippen LogP contribution in [0, 0.1) is 0 Å². The number of carbonyl (C=O) groups is 1. The molecular formula is C12H21N3O. The Bertz CT molecular complexity index is 294. The largest absolute Gasteiger partial charge is 0.337 e. The van der Waals surface area contributed by atoms with Crippen LogP contribution in [0.25, 0.3) is 0 Å². The molecule has 3 unspecified atom stereocenters. The van der Waals surface area contributed by atoms with Crippen LogP contribution in [0.15, 0.2) is 0 Å². The van der Waals surface area contributed by atoms with Crippen molar-refractivity contribution in [3.63, 3.8) is 0 Å². The SMILES string of the molecule is NC1CCC(N2CCN3C(=O)CCC3C2)C1. The molecule has 0 aromatic carbocycles. The van der Waals surface area contributed by atoms with E-state index in [4.69, 9.17) is 5.73 Å². The van der Waals surface area contributed by atoms with E-state index in [0.29, 0.717) is 24.0 Å². The first-order chi connectivity index (χ1) is 7.74. The first kappa shape index (κ1) is 10.5. The van der Waals surface area contributed by atoms with Gasteiger partial charge in [0.15, 0.2) is 0 Å². The van der Waals surface area contributed by atoms with E-state index in [2.05, 4.69) is 9.80 Å². The van der Waals surface area contributed by atoms with Gasteiger partial charge >= 0.3 is 0 Å². The average molecular weight is 223 g/mol. The summed E-state index contributed by atoms with van der Waals surface area (Å²) in [6, 6.07) is 1.60. The smallest absolute Gasteiger partial charge is 0.222 e. The highest BCUT2D eigenvalue weighted by Crippen LogP contribution is 2.28. The Balaban J connectivity index is 1.62. The van der Waals surface area contributed by atoms with Crippen LogP contribution < -0.4 is 5.73 Å². The predicted octanol–water partition coefficient (Wildman–Crippen LogP) is 0.173. The van der Waals surface area contributed by atoms with Crippen LogP contribution in [0.2, 0.25) is 0 Å². The lowest BCUT2D eigenvalue weighted by molar-refractivity contribution is -0.131. The average Bonchev–Trinajstić information content (AvgIpc) is 2.86. The minimum atomic E-state index is 0.368. The van der Waals surface area contributed by atoms with Gasteiger partial charge in [0.2, 0.25) is 5.91 Å². The van der Waals surface area contributed by atoms with Gasteiger partial charge in [-0.25, -0.2) is 0 Å². The third-order valence-electron chi connectivity index (χ3n) is 4.49. The van der Waals surface area contributed by atoms with E-state index in [-0.39, 0.29) is 0 Å². The maximum Gasteiger partial charge on any atom is 0.222 e. The van der Waals surface area contributed by atoms with Crippen molar-refractivity contribution >= 4 is 5.91 Å². The van der Waals surface area contributed by atoms with E-state index in [9.17, 15) is 4.79 Å². The molecule has 1 saturated carbocycles. The molecule has 4 heteroatoms. The lowest BCUT2D eigenvalue weighted by atomic mass is 10.1. The number of hydrogen-bond donors (Lipinski definition) is 1. The first-order valence-electron chi connectivity index (χ1n) is 6.53. The lowest BCUT2D eigenvalue weighted by Gasteiger charge is -2.40. The molecule has 3 rings (SSSR count). The summed E-state index contributed by atoms with van der Waals surface area (Å²) in [5, 5.41) is 0. The summed E-state index contributed by atoms with van der Waals surface area (Å²) in [5.41, 5.74) is 5.97. The van der Waals surface area contributed by atoms with Crippen LogP contribution in [-0.4, -0.2) is 53.5 Å². The number of amides is 1. The zero-order valence-corrected chi connectivity index (χ0v) is 9.77. The topological polar surface area (TPSA) is 49.6 Å². The van der Waals surface area contributed by atoms with Crippen LogP contribution in [0.1, 0.15) is 32.1 Å². The van der Waals surface area contributed by atoms with E-state index in [0.717, 1.165) is 38.9 Å². The molecular weight excluding hydrogens is 202 g/mol. The van der Waals surface area contributed by atoms with Gasteiger partial charge in [-0.15, -0.1) is 0 Å². The second kappa shape index (κ2) is 4.00. The molecule has 3 aliphatic rings. The molecule has 0 aromatic rings. The maximum absolute atomic E-state index is 11.6. The fraction of sp³-hybridized carbons (Fsp3) is 0.917. The number of fused-ring (bicyclic) bond motifs is 1. The molecule has 0 spiro atoms. The predicted molar refractivity (Wildman–Crippen MR) is 61.9 cm³/mol. The highest BCUT2D eigenvalue weighted by atomic mass is 16.2. The number of nitrogens with zero attached hydrogens (tertiary/aromatic N) is 2. The van der Waals surface area contributed by atoms with Gasteiger partial charge in [-0.3, -0.25) is 9.69 Å². The van der Waals surface area contributed by atoms with Crippen molar-refractivity contribution in [3.05, 3.63) is 0 Å². The van der Waals surface area contributed by atoms with Crippen molar-refractivity contribution in [2.24, 2.45) is 5.73 Å². The molecule has 1 amide bonds. The quantitative estimate of drug-likeness (QED) is 0.689. The Morgan fingerprint density at radius 2 is 2.00 bits per heavy atom. The summed E-state index contributed by atoms with van der Waals surface area (Å²) >= 11 is 0. The zero-order valence-electron chi connectivity index (χ0n) is 9.77. The first-order valence-corrected chi connectivity index (χ1v) is 6.53. The Morgan fingerprint density at radius 3 is 2.75 bits per heavy atom. The van der Waals surface area contributed by atoms with Gasteiger partial charge in [0.1, 0.15) is 0 Å². The van der Waals surface area contributed by atoms with Crippen molar-refractivity contribution in [2.75, 3.05) is 19.6 Å². The van der Waals surface area contributed by atoms with Crippen LogP contribution in [0.5, 0.6) is 0 Å². The van der Waals surface area contributed by atoms with Gasteiger partial charge in [-0.2, -0.15) is 0 Å². The van der Waals surface area contributed by atoms with Crippen LogP contribution >= 0.6 is 0 Å². The summed E-state index contributed by atoms with van der Waals surface area (Å²) in [7, 11) is 0. The molecule has 2 aliphatic heterocycles. The molecule has 1 aliphatic carbocycles. The maximum atomic E-state index is 11.6. The molecule has 0 radical (unpaired) electrons. The Hall–Kier alpha value is -0.610. The molecule has 0 aromatic heterocycles. The third-order valence-corrected chi connectivity index (χ3v) is 4.49. The molecule has 0 bridgehead atoms. The van der Waals surface area contributed by atoms with E-state index < -0.39 is 0 Å². The highest BCUT2D eigenvalue weighted by molar-refractivity contribution is 5.78. The Labute approximate surface area is 96.8 Å². The second-order valence-electron chi connectivity index (χ2n) is 5.50. The summed E-state index contributed by atoms with van der Waals surface area (Å²) < 4.78 is 0. The normalized spacial score (nSPS) is 40.4. The van der Waals surface area contributed by atoms with E-state index in [1.165, 1.54) is 12.8 Å². The van der Waals surface area contributed by atoms with E-state index >= 15 is 0 Å². The fourth-order valence-corrected chi connectivity index (χ4v) is 3.54. The minimum absolute atomic E-state index is 0.368. The number of piperazine rings is 1. The van der Waals surface area contributed by atoms with Gasteiger partial charge in [0.05, 0.1) is 0 Å². The van der Waals surface area contributed by atoms with Crippen molar-refractivity contribution < 1.29 is 4.79 Å². The number of hydrogen-bond acceptors (Lipinski definition) is 3. The van der Waals surface area contributed by atoms with Crippen molar-refractivity contribution in [3.8, 4) is 0 Å². The molecule has 3 fully saturated rings.